The number of nitriles is 1. The third kappa shape index (κ3) is 2.91. The van der Waals surface area contributed by atoms with Crippen molar-refractivity contribution in [2.24, 2.45) is 7.05 Å². The van der Waals surface area contributed by atoms with E-state index in [0.717, 1.165) is 5.69 Å². The van der Waals surface area contributed by atoms with E-state index < -0.39 is 0 Å². The number of hydrogen-bond acceptors (Lipinski definition) is 3. The summed E-state index contributed by atoms with van der Waals surface area (Å²) in [7, 11) is 1.83. The summed E-state index contributed by atoms with van der Waals surface area (Å²) in [6.07, 6.45) is 2.37. The summed E-state index contributed by atoms with van der Waals surface area (Å²) >= 11 is 6.13. The lowest BCUT2D eigenvalue weighted by Crippen LogP contribution is -2.08. The molecule has 2 aromatic heterocycles. The summed E-state index contributed by atoms with van der Waals surface area (Å²) < 4.78 is 17.5. The van der Waals surface area contributed by atoms with Crippen molar-refractivity contribution in [1.82, 2.24) is 19.3 Å². The number of nitrogens with zero attached hydrogens (tertiary/aromatic N) is 5. The van der Waals surface area contributed by atoms with Crippen LogP contribution in [0.3, 0.4) is 0 Å². The molecule has 0 fully saturated rings. The second-order valence-corrected chi connectivity index (χ2v) is 5.81. The van der Waals surface area contributed by atoms with Crippen LogP contribution in [0.5, 0.6) is 0 Å². The van der Waals surface area contributed by atoms with Crippen LogP contribution in [-0.2, 0) is 20.0 Å². The van der Waals surface area contributed by atoms with E-state index in [1.807, 2.05) is 18.5 Å². The van der Waals surface area contributed by atoms with Crippen molar-refractivity contribution >= 4 is 11.6 Å². The van der Waals surface area contributed by atoms with Crippen molar-refractivity contribution in [2.45, 2.75) is 19.9 Å². The molecular formula is C17H15ClFN5. The summed E-state index contributed by atoms with van der Waals surface area (Å²) in [5.41, 5.74) is 1.64. The number of rotatable bonds is 4. The molecule has 7 heteroatoms. The molecule has 0 aliphatic carbocycles. The topological polar surface area (TPSA) is 59.4 Å². The smallest absolute Gasteiger partial charge is 0.175 e. The van der Waals surface area contributed by atoms with E-state index in [4.69, 9.17) is 16.9 Å². The molecule has 0 N–H and O–H groups in total. The molecule has 0 saturated carbocycles. The Kier molecular flexibility index (Phi) is 4.36. The molecule has 3 rings (SSSR count). The zero-order valence-electron chi connectivity index (χ0n) is 13.3. The molecule has 0 bridgehead atoms. The molecule has 0 saturated heterocycles. The van der Waals surface area contributed by atoms with E-state index in [2.05, 4.69) is 16.2 Å². The van der Waals surface area contributed by atoms with E-state index in [0.29, 0.717) is 34.2 Å². The molecule has 0 atom stereocenters. The zero-order valence-corrected chi connectivity index (χ0v) is 14.0. The van der Waals surface area contributed by atoms with Crippen LogP contribution >= 0.6 is 11.6 Å². The molecule has 0 amide bonds. The van der Waals surface area contributed by atoms with Gasteiger partial charge in [0.1, 0.15) is 11.9 Å². The van der Waals surface area contributed by atoms with Gasteiger partial charge >= 0.3 is 0 Å². The van der Waals surface area contributed by atoms with Gasteiger partial charge in [-0.2, -0.15) is 10.4 Å². The second kappa shape index (κ2) is 6.46. The molecule has 3 aromatic rings. The van der Waals surface area contributed by atoms with E-state index in [-0.39, 0.29) is 12.4 Å². The first-order valence-electron chi connectivity index (χ1n) is 7.47. The molecular weight excluding hydrogens is 329 g/mol. The van der Waals surface area contributed by atoms with Gasteiger partial charge in [0.25, 0.3) is 0 Å². The maximum Gasteiger partial charge on any atom is 0.175 e. The van der Waals surface area contributed by atoms with Crippen molar-refractivity contribution in [2.75, 3.05) is 0 Å². The van der Waals surface area contributed by atoms with Gasteiger partial charge in [-0.3, -0.25) is 0 Å². The highest BCUT2D eigenvalue weighted by Crippen LogP contribution is 2.24. The first kappa shape index (κ1) is 16.2. The lowest BCUT2D eigenvalue weighted by atomic mass is 10.2. The van der Waals surface area contributed by atoms with Gasteiger partial charge < -0.3 is 4.57 Å². The Morgan fingerprint density at radius 1 is 1.38 bits per heavy atom. The highest BCUT2D eigenvalue weighted by atomic mass is 35.5. The fraction of sp³-hybridized carbons (Fsp3) is 0.235. The Balaban J connectivity index is 2.10. The van der Waals surface area contributed by atoms with Crippen molar-refractivity contribution in [3.63, 3.8) is 0 Å². The van der Waals surface area contributed by atoms with E-state index in [1.165, 1.54) is 6.07 Å². The number of aryl methyl sites for hydroxylation is 2. The van der Waals surface area contributed by atoms with Crippen LogP contribution in [0.15, 0.2) is 30.5 Å². The third-order valence-corrected chi connectivity index (χ3v) is 4.12. The normalized spacial score (nSPS) is 10.8. The molecule has 122 valence electrons. The maximum atomic E-state index is 14.1. The molecule has 0 spiro atoms. The quantitative estimate of drug-likeness (QED) is 0.727. The summed E-state index contributed by atoms with van der Waals surface area (Å²) in [4.78, 5) is 4.52. The Labute approximate surface area is 143 Å². The fourth-order valence-electron chi connectivity index (χ4n) is 2.52. The summed E-state index contributed by atoms with van der Waals surface area (Å²) in [5.74, 6) is 0.846. The van der Waals surface area contributed by atoms with Crippen LogP contribution in [0.1, 0.15) is 23.9 Å². The monoisotopic (exact) mass is 343 g/mol. The summed E-state index contributed by atoms with van der Waals surface area (Å²) in [6.45, 7) is 2.12. The van der Waals surface area contributed by atoms with Crippen molar-refractivity contribution < 1.29 is 4.39 Å². The van der Waals surface area contributed by atoms with Crippen LogP contribution in [0, 0.1) is 17.1 Å². The Bertz CT molecular complexity index is 915. The average Bonchev–Trinajstić information content (AvgIpc) is 3.13. The van der Waals surface area contributed by atoms with E-state index >= 15 is 0 Å². The molecule has 0 aliphatic heterocycles. The summed E-state index contributed by atoms with van der Waals surface area (Å²) in [5, 5.41) is 13.9. The van der Waals surface area contributed by atoms with Gasteiger partial charge in [-0.05, 0) is 18.2 Å². The van der Waals surface area contributed by atoms with Crippen molar-refractivity contribution in [1.29, 1.82) is 5.26 Å². The SMILES string of the molecule is CCc1nc(-c2cc(C#N)cn2C)n(Cc2c(F)cccc2Cl)n1. The molecule has 24 heavy (non-hydrogen) atoms. The molecule has 0 aliphatic rings. The van der Waals surface area contributed by atoms with Crippen LogP contribution in [-0.4, -0.2) is 19.3 Å². The molecule has 2 heterocycles. The van der Waals surface area contributed by atoms with E-state index in [9.17, 15) is 4.39 Å². The molecule has 0 unspecified atom stereocenters. The predicted octanol–water partition coefficient (Wildman–Crippen LogP) is 3.56. The number of benzene rings is 1. The van der Waals surface area contributed by atoms with Crippen LogP contribution in [0.4, 0.5) is 4.39 Å². The highest BCUT2D eigenvalue weighted by molar-refractivity contribution is 6.31. The average molecular weight is 344 g/mol. The lowest BCUT2D eigenvalue weighted by Gasteiger charge is -2.09. The Hall–Kier alpha value is -2.65. The third-order valence-electron chi connectivity index (χ3n) is 3.76. The molecule has 5 nitrogen and oxygen atoms in total. The zero-order chi connectivity index (χ0) is 17.3. The van der Waals surface area contributed by atoms with E-state index in [1.54, 1.807) is 29.1 Å². The first-order valence-corrected chi connectivity index (χ1v) is 7.84. The maximum absolute atomic E-state index is 14.1. The van der Waals surface area contributed by atoms with Gasteiger partial charge in [0.15, 0.2) is 11.6 Å². The first-order chi connectivity index (χ1) is 11.5. The van der Waals surface area contributed by atoms with Crippen LogP contribution in [0.25, 0.3) is 11.5 Å². The molecule has 0 radical (unpaired) electrons. The highest BCUT2D eigenvalue weighted by Gasteiger charge is 2.17. The predicted molar refractivity (Wildman–Crippen MR) is 89.0 cm³/mol. The Morgan fingerprint density at radius 2 is 2.17 bits per heavy atom. The fourth-order valence-corrected chi connectivity index (χ4v) is 2.74. The minimum absolute atomic E-state index is 0.168. The van der Waals surface area contributed by atoms with Gasteiger partial charge in [-0.1, -0.05) is 24.6 Å². The van der Waals surface area contributed by atoms with Crippen LogP contribution < -0.4 is 0 Å². The number of aromatic nitrogens is 4. The van der Waals surface area contributed by atoms with Gasteiger partial charge in [-0.15, -0.1) is 0 Å². The molecule has 1 aromatic carbocycles. The lowest BCUT2D eigenvalue weighted by molar-refractivity contribution is 0.584. The van der Waals surface area contributed by atoms with Crippen molar-refractivity contribution in [3.05, 3.63) is 58.3 Å². The second-order valence-electron chi connectivity index (χ2n) is 5.40. The number of halogens is 2. The minimum atomic E-state index is -0.383. The Morgan fingerprint density at radius 3 is 2.79 bits per heavy atom. The number of hydrogen-bond donors (Lipinski definition) is 0. The van der Waals surface area contributed by atoms with Crippen molar-refractivity contribution in [3.8, 4) is 17.6 Å². The van der Waals surface area contributed by atoms with Gasteiger partial charge in [0, 0.05) is 30.3 Å². The minimum Gasteiger partial charge on any atom is -0.347 e. The van der Waals surface area contributed by atoms with Gasteiger partial charge in [0.05, 0.1) is 17.8 Å². The van der Waals surface area contributed by atoms with Gasteiger partial charge in [-0.25, -0.2) is 14.1 Å². The van der Waals surface area contributed by atoms with Crippen LogP contribution in [0.2, 0.25) is 5.02 Å². The largest absolute Gasteiger partial charge is 0.347 e. The van der Waals surface area contributed by atoms with Gasteiger partial charge in [0.2, 0.25) is 0 Å². The summed E-state index contributed by atoms with van der Waals surface area (Å²) in [6, 6.07) is 8.43. The standard InChI is InChI=1S/C17H15ClFN5/c1-3-16-21-17(15-7-11(8-20)9-23(15)2)24(22-16)10-12-13(18)5-4-6-14(12)19/h4-7,9H,3,10H2,1-2H3.